The van der Waals surface area contributed by atoms with E-state index < -0.39 is 11.9 Å². The SMILES string of the molecule is N#Cc1cnc2c(Cl)cc(N[C@H](/C(=C/NC3CCNCC3)NN)c3ccc(F)cc3)cc2c1Nc1ccc(F)c(Cl)c1. The molecule has 1 atom stereocenters. The van der Waals surface area contributed by atoms with Crippen LogP contribution in [0.1, 0.15) is 30.0 Å². The van der Waals surface area contributed by atoms with E-state index in [1.165, 1.54) is 36.5 Å². The van der Waals surface area contributed by atoms with Crippen molar-refractivity contribution in [3.05, 3.63) is 105 Å². The Bertz CT molecular complexity index is 1650. The van der Waals surface area contributed by atoms with Crippen LogP contribution < -0.4 is 32.5 Å². The molecule has 0 aliphatic carbocycles. The first-order valence-corrected chi connectivity index (χ1v) is 14.0. The van der Waals surface area contributed by atoms with Crippen LogP contribution in [0.25, 0.3) is 10.9 Å². The molecule has 0 amide bonds. The van der Waals surface area contributed by atoms with Crippen molar-refractivity contribution in [3.63, 3.8) is 0 Å². The number of aromatic nitrogens is 1. The maximum atomic E-state index is 13.8. The summed E-state index contributed by atoms with van der Waals surface area (Å²) >= 11 is 12.7. The number of halogens is 4. The second-order valence-corrected chi connectivity index (χ2v) is 10.6. The lowest BCUT2D eigenvalue weighted by Crippen LogP contribution is -2.39. The zero-order valence-electron chi connectivity index (χ0n) is 22.3. The normalized spacial score (nSPS) is 14.7. The van der Waals surface area contributed by atoms with Gasteiger partial charge in [0.05, 0.1) is 38.6 Å². The zero-order valence-corrected chi connectivity index (χ0v) is 23.8. The van der Waals surface area contributed by atoms with Crippen LogP contribution in [0.4, 0.5) is 25.8 Å². The predicted molar refractivity (Wildman–Crippen MR) is 163 cm³/mol. The molecule has 1 fully saturated rings. The third-order valence-corrected chi connectivity index (χ3v) is 7.62. The molecule has 0 spiro atoms. The largest absolute Gasteiger partial charge is 0.387 e. The molecule has 0 bridgehead atoms. The molecule has 0 radical (unpaired) electrons. The average Bonchev–Trinajstić information content (AvgIpc) is 3.00. The van der Waals surface area contributed by atoms with Gasteiger partial charge in [0.25, 0.3) is 0 Å². The number of piperidine rings is 1. The van der Waals surface area contributed by atoms with Gasteiger partial charge in [-0.05, 0) is 74.0 Å². The fourth-order valence-corrected chi connectivity index (χ4v) is 5.30. The number of nitrogens with one attached hydrogen (secondary N) is 5. The van der Waals surface area contributed by atoms with Crippen LogP contribution in [0.3, 0.4) is 0 Å². The lowest BCUT2D eigenvalue weighted by molar-refractivity contribution is 0.418. The summed E-state index contributed by atoms with van der Waals surface area (Å²) in [5.74, 6) is 5.07. The van der Waals surface area contributed by atoms with Gasteiger partial charge in [0.2, 0.25) is 0 Å². The van der Waals surface area contributed by atoms with Crippen molar-refractivity contribution in [2.75, 3.05) is 23.7 Å². The van der Waals surface area contributed by atoms with Crippen LogP contribution in [-0.4, -0.2) is 24.1 Å². The fourth-order valence-electron chi connectivity index (χ4n) is 4.85. The van der Waals surface area contributed by atoms with E-state index in [-0.39, 0.29) is 22.4 Å². The van der Waals surface area contributed by atoms with Gasteiger partial charge in [0.1, 0.15) is 17.7 Å². The van der Waals surface area contributed by atoms with Gasteiger partial charge in [-0.25, -0.2) is 8.78 Å². The van der Waals surface area contributed by atoms with Crippen LogP contribution in [0, 0.1) is 23.0 Å². The molecule has 1 saturated heterocycles. The van der Waals surface area contributed by atoms with E-state index in [1.807, 2.05) is 6.20 Å². The summed E-state index contributed by atoms with van der Waals surface area (Å²) in [6.45, 7) is 1.84. The van der Waals surface area contributed by atoms with Gasteiger partial charge in [-0.3, -0.25) is 10.8 Å². The molecule has 0 unspecified atom stereocenters. The summed E-state index contributed by atoms with van der Waals surface area (Å²) in [5, 5.41) is 24.1. The Labute approximate surface area is 251 Å². The highest BCUT2D eigenvalue weighted by molar-refractivity contribution is 6.36. The molecule has 0 saturated carbocycles. The second kappa shape index (κ2) is 13.2. The van der Waals surface area contributed by atoms with E-state index in [9.17, 15) is 14.0 Å². The molecule has 3 aromatic carbocycles. The third kappa shape index (κ3) is 6.66. The lowest BCUT2D eigenvalue weighted by Gasteiger charge is -2.27. The maximum absolute atomic E-state index is 13.8. The molecular weight excluding hydrogens is 581 g/mol. The first-order valence-electron chi connectivity index (χ1n) is 13.3. The zero-order chi connectivity index (χ0) is 29.6. The van der Waals surface area contributed by atoms with E-state index in [0.29, 0.717) is 38.7 Å². The molecule has 7 N–H and O–H groups in total. The molecule has 5 rings (SSSR count). The van der Waals surface area contributed by atoms with Gasteiger partial charge < -0.3 is 26.7 Å². The number of fused-ring (bicyclic) bond motifs is 1. The summed E-state index contributed by atoms with van der Waals surface area (Å²) in [6, 6.07) is 15.7. The number of hydrazine groups is 1. The van der Waals surface area contributed by atoms with Crippen molar-refractivity contribution < 1.29 is 8.78 Å². The monoisotopic (exact) mass is 608 g/mol. The smallest absolute Gasteiger partial charge is 0.141 e. The van der Waals surface area contributed by atoms with Crippen molar-refractivity contribution in [2.45, 2.75) is 24.9 Å². The number of nitrogens with zero attached hydrogens (tertiary/aromatic N) is 2. The molecule has 216 valence electrons. The third-order valence-electron chi connectivity index (χ3n) is 7.04. The minimum Gasteiger partial charge on any atom is -0.387 e. The van der Waals surface area contributed by atoms with Gasteiger partial charge in [0.15, 0.2) is 0 Å². The fraction of sp³-hybridized carbons (Fsp3) is 0.200. The van der Waals surface area contributed by atoms with Crippen LogP contribution in [0.15, 0.2) is 72.7 Å². The maximum Gasteiger partial charge on any atom is 0.141 e. The summed E-state index contributed by atoms with van der Waals surface area (Å²) in [5.41, 5.74) is 6.33. The van der Waals surface area contributed by atoms with Crippen LogP contribution >= 0.6 is 23.2 Å². The Morgan fingerprint density at radius 2 is 1.79 bits per heavy atom. The van der Waals surface area contributed by atoms with Gasteiger partial charge in [0, 0.05) is 35.2 Å². The van der Waals surface area contributed by atoms with Gasteiger partial charge in [-0.2, -0.15) is 5.26 Å². The Hall–Kier alpha value is -4.14. The highest BCUT2D eigenvalue weighted by Crippen LogP contribution is 2.37. The summed E-state index contributed by atoms with van der Waals surface area (Å²) in [6.07, 6.45) is 5.18. The Morgan fingerprint density at radius 3 is 2.48 bits per heavy atom. The van der Waals surface area contributed by atoms with E-state index in [0.717, 1.165) is 31.5 Å². The number of pyridine rings is 1. The van der Waals surface area contributed by atoms with E-state index in [1.54, 1.807) is 24.3 Å². The van der Waals surface area contributed by atoms with Crippen molar-refractivity contribution in [1.29, 1.82) is 5.26 Å². The number of hydrogen-bond acceptors (Lipinski definition) is 8. The second-order valence-electron chi connectivity index (χ2n) is 9.83. The molecule has 1 aliphatic heterocycles. The van der Waals surface area contributed by atoms with E-state index in [2.05, 4.69) is 37.7 Å². The first-order chi connectivity index (χ1) is 20.4. The van der Waals surface area contributed by atoms with E-state index in [4.69, 9.17) is 29.0 Å². The Balaban J connectivity index is 1.55. The standard InChI is InChI=1S/C30H28Cl2F2N8/c31-24-12-21(5-6-26(24)34)40-28-18(14-35)15-39-30-23(28)11-22(13-25(30)32)41-29(17-1-3-19(33)4-2-17)27(42-36)16-38-20-7-9-37-10-8-20/h1-6,11-13,15-16,20,29,37-38,41-42H,7-10,36H2,(H,39,40)/b27-16-/t29-/m0/s1. The molecule has 42 heavy (non-hydrogen) atoms. The molecule has 2 heterocycles. The van der Waals surface area contributed by atoms with Crippen LogP contribution in [-0.2, 0) is 0 Å². The van der Waals surface area contributed by atoms with Gasteiger partial charge >= 0.3 is 0 Å². The Kier molecular flexibility index (Phi) is 9.25. The summed E-state index contributed by atoms with van der Waals surface area (Å²) in [4.78, 5) is 4.40. The number of hydrogen-bond donors (Lipinski definition) is 6. The minimum absolute atomic E-state index is 0.0638. The molecule has 1 aliphatic rings. The van der Waals surface area contributed by atoms with Crippen molar-refractivity contribution in [3.8, 4) is 6.07 Å². The lowest BCUT2D eigenvalue weighted by atomic mass is 10.0. The number of nitrogens with two attached hydrogens (primary N) is 1. The predicted octanol–water partition coefficient (Wildman–Crippen LogP) is 6.23. The molecular formula is C30H28Cl2F2N8. The quantitative estimate of drug-likeness (QED) is 0.0975. The van der Waals surface area contributed by atoms with Crippen molar-refractivity contribution in [2.24, 2.45) is 5.84 Å². The topological polar surface area (TPSA) is 123 Å². The molecule has 8 nitrogen and oxygen atoms in total. The number of benzene rings is 3. The molecule has 1 aromatic heterocycles. The summed E-state index contributed by atoms with van der Waals surface area (Å²) < 4.78 is 27.6. The van der Waals surface area contributed by atoms with Gasteiger partial charge in [-0.15, -0.1) is 0 Å². The first kappa shape index (κ1) is 29.4. The summed E-state index contributed by atoms with van der Waals surface area (Å²) in [7, 11) is 0. The molecule has 4 aromatic rings. The number of nitriles is 1. The van der Waals surface area contributed by atoms with E-state index >= 15 is 0 Å². The van der Waals surface area contributed by atoms with Crippen LogP contribution in [0.5, 0.6) is 0 Å². The van der Waals surface area contributed by atoms with Crippen LogP contribution in [0.2, 0.25) is 10.0 Å². The van der Waals surface area contributed by atoms with Crippen molar-refractivity contribution >= 4 is 51.2 Å². The molecule has 12 heteroatoms. The number of rotatable bonds is 9. The highest BCUT2D eigenvalue weighted by Gasteiger charge is 2.20. The average molecular weight is 610 g/mol. The van der Waals surface area contributed by atoms with Gasteiger partial charge in [-0.1, -0.05) is 35.3 Å². The van der Waals surface area contributed by atoms with Crippen molar-refractivity contribution in [1.82, 2.24) is 21.0 Å². The Morgan fingerprint density at radius 1 is 1.05 bits per heavy atom. The highest BCUT2D eigenvalue weighted by atomic mass is 35.5. The minimum atomic E-state index is -0.560. The number of anilines is 3.